The maximum Gasteiger partial charge on any atom is 0.410 e. The van der Waals surface area contributed by atoms with Gasteiger partial charge in [0.2, 0.25) is 15.8 Å². The van der Waals surface area contributed by atoms with E-state index in [0.717, 1.165) is 22.5 Å². The number of sulfonamides is 1. The van der Waals surface area contributed by atoms with Crippen LogP contribution in [-0.4, -0.2) is 88.2 Å². The second kappa shape index (κ2) is 21.5. The molecule has 71 heavy (non-hydrogen) atoms. The van der Waals surface area contributed by atoms with Crippen molar-refractivity contribution >= 4 is 48.9 Å². The van der Waals surface area contributed by atoms with E-state index in [4.69, 9.17) is 24.0 Å². The largest absolute Gasteiger partial charge is 0.497 e. The molecule has 0 saturated carbocycles. The molecular weight excluding hydrogens is 945 g/mol. The van der Waals surface area contributed by atoms with Crippen LogP contribution in [0.25, 0.3) is 32.7 Å². The van der Waals surface area contributed by atoms with Crippen LogP contribution in [0.4, 0.5) is 14.7 Å². The van der Waals surface area contributed by atoms with E-state index >= 15 is 8.42 Å². The van der Waals surface area contributed by atoms with Crippen LogP contribution in [0.5, 0.6) is 17.2 Å². The van der Waals surface area contributed by atoms with Gasteiger partial charge in [0.1, 0.15) is 27.7 Å². The molecule has 0 aliphatic heterocycles. The normalized spacial score (nSPS) is 13.7. The van der Waals surface area contributed by atoms with E-state index in [1.54, 1.807) is 96.7 Å². The van der Waals surface area contributed by atoms with Crippen molar-refractivity contribution < 1.29 is 42.1 Å². The van der Waals surface area contributed by atoms with Gasteiger partial charge in [-0.1, -0.05) is 83.9 Å². The summed E-state index contributed by atoms with van der Waals surface area (Å²) in [7, 11) is 0.0754. The highest BCUT2D eigenvalue weighted by Crippen LogP contribution is 2.43. The summed E-state index contributed by atoms with van der Waals surface area (Å²) < 4.78 is 56.1. The fourth-order valence-electron chi connectivity index (χ4n) is 7.94. The van der Waals surface area contributed by atoms with Gasteiger partial charge in [-0.3, -0.25) is 5.32 Å². The molecule has 0 saturated heterocycles. The Labute approximate surface area is 415 Å². The molecule has 366 valence electrons. The van der Waals surface area contributed by atoms with Crippen molar-refractivity contribution in [3.63, 3.8) is 0 Å². The molecule has 2 amide bonds. The fourth-order valence-corrected chi connectivity index (χ4v) is 10.6. The highest BCUT2D eigenvalue weighted by atomic mass is 32.2. The minimum Gasteiger partial charge on any atom is -0.497 e. The molecule has 0 spiro atoms. The molecule has 1 atom stereocenters. The van der Waals surface area contributed by atoms with Gasteiger partial charge < -0.3 is 29.4 Å². The lowest BCUT2D eigenvalue weighted by molar-refractivity contribution is 0.0501. The van der Waals surface area contributed by atoms with E-state index in [0.29, 0.717) is 69.0 Å². The van der Waals surface area contributed by atoms with Crippen LogP contribution >= 0.6 is 11.3 Å². The molecule has 19 heteroatoms. The molecule has 8 rings (SSSR count). The number of carbonyl (C=O) groups is 2. The number of tetrazole rings is 1. The van der Waals surface area contributed by atoms with Crippen molar-refractivity contribution in [3.8, 4) is 51.6 Å². The Morgan fingerprint density at radius 2 is 1.45 bits per heavy atom. The number of nitrogens with zero attached hydrogens (tertiary/aromatic N) is 6. The van der Waals surface area contributed by atoms with Gasteiger partial charge in [0.15, 0.2) is 5.13 Å². The molecule has 0 fully saturated rings. The summed E-state index contributed by atoms with van der Waals surface area (Å²) in [6.45, 7) is 5.49. The number of carboxylic acid groups (broad SMARTS) is 1. The zero-order valence-electron chi connectivity index (χ0n) is 39.9. The zero-order valence-corrected chi connectivity index (χ0v) is 41.6. The number of benzene rings is 5. The highest BCUT2D eigenvalue weighted by molar-refractivity contribution is 7.89. The van der Waals surface area contributed by atoms with E-state index in [1.165, 1.54) is 9.10 Å². The number of rotatable bonds is 15. The Balaban J connectivity index is 1.33. The smallest absolute Gasteiger partial charge is 0.410 e. The number of aromatic nitrogens is 5. The van der Waals surface area contributed by atoms with Gasteiger partial charge in [0.25, 0.3) is 0 Å². The Hall–Kier alpha value is -7.79. The first-order chi connectivity index (χ1) is 34.1. The number of carbonyl (C=O) groups excluding carboxylic acids is 1. The number of fused-ring (bicyclic) bond motifs is 1. The lowest BCUT2D eigenvalue weighted by atomic mass is 9.94. The van der Waals surface area contributed by atoms with Crippen molar-refractivity contribution in [1.82, 2.24) is 34.8 Å². The van der Waals surface area contributed by atoms with E-state index < -0.39 is 27.8 Å². The van der Waals surface area contributed by atoms with Crippen LogP contribution in [0.1, 0.15) is 62.3 Å². The van der Waals surface area contributed by atoms with Gasteiger partial charge in [-0.05, 0) is 122 Å². The van der Waals surface area contributed by atoms with Crippen LogP contribution in [-0.2, 0) is 34.4 Å². The first-order valence-electron chi connectivity index (χ1n) is 22.5. The minimum atomic E-state index is -4.63. The summed E-state index contributed by atoms with van der Waals surface area (Å²) in [5.74, 6) is 8.40. The van der Waals surface area contributed by atoms with Crippen LogP contribution < -0.4 is 24.8 Å². The Bertz CT molecular complexity index is 3210. The number of para-hydroxylation sites is 1. The van der Waals surface area contributed by atoms with Crippen molar-refractivity contribution in [2.45, 2.75) is 76.2 Å². The van der Waals surface area contributed by atoms with Gasteiger partial charge in [0, 0.05) is 30.3 Å². The third-order valence-corrected chi connectivity index (χ3v) is 14.2. The summed E-state index contributed by atoms with van der Waals surface area (Å²) in [6.07, 6.45) is 1.76. The number of anilines is 1. The van der Waals surface area contributed by atoms with Crippen LogP contribution in [0.2, 0.25) is 0 Å². The first-order valence-corrected chi connectivity index (χ1v) is 24.8. The molecule has 2 aromatic heterocycles. The van der Waals surface area contributed by atoms with Gasteiger partial charge in [-0.25, -0.2) is 23.0 Å². The van der Waals surface area contributed by atoms with E-state index in [9.17, 15) is 14.7 Å². The average Bonchev–Trinajstić information content (AvgIpc) is 3.99. The van der Waals surface area contributed by atoms with Crippen LogP contribution in [0, 0.1) is 11.8 Å². The van der Waals surface area contributed by atoms with Crippen molar-refractivity contribution in [2.24, 2.45) is 0 Å². The number of alkyl carbamates (subject to hydrolysis) is 1. The van der Waals surface area contributed by atoms with E-state index in [1.807, 2.05) is 54.6 Å². The van der Waals surface area contributed by atoms with Crippen molar-refractivity contribution in [3.05, 3.63) is 137 Å². The molecule has 3 N–H and O–H groups in total. The molecular formula is C52H52N8O9S2. The SMILES string of the molecule is COc1ccc(CN(Cc2ccc(OC)cc2)S(=O)(=O)c2c(C#CC3=CCC(NC(=O)OC(C)(C)C)CC3)ccc(-c3cccc4sc(NC(=O)O)nc34)c2-c2nnn(Cc3ccc(OC)cc3)n2)cc1. The zero-order chi connectivity index (χ0) is 50.3. The summed E-state index contributed by atoms with van der Waals surface area (Å²) >= 11 is 1.14. The average molecular weight is 997 g/mol. The minimum absolute atomic E-state index is 0.00589. The van der Waals surface area contributed by atoms with Crippen molar-refractivity contribution in [1.29, 1.82) is 0 Å². The summed E-state index contributed by atoms with van der Waals surface area (Å²) in [6, 6.07) is 30.4. The predicted molar refractivity (Wildman–Crippen MR) is 270 cm³/mol. The fraction of sp³-hybridized carbons (Fsp3) is 0.269. The Morgan fingerprint density at radius 1 is 0.831 bits per heavy atom. The second-order valence-electron chi connectivity index (χ2n) is 17.5. The molecule has 5 aromatic carbocycles. The van der Waals surface area contributed by atoms with E-state index in [2.05, 4.69) is 37.8 Å². The van der Waals surface area contributed by atoms with Gasteiger partial charge >= 0.3 is 12.2 Å². The molecule has 2 heterocycles. The highest BCUT2D eigenvalue weighted by Gasteiger charge is 2.35. The number of ether oxygens (including phenoxy) is 4. The van der Waals surface area contributed by atoms with Crippen LogP contribution in [0.15, 0.2) is 120 Å². The van der Waals surface area contributed by atoms with Gasteiger partial charge in [0.05, 0.1) is 43.7 Å². The molecule has 0 bridgehead atoms. The molecule has 1 aliphatic carbocycles. The second-order valence-corrected chi connectivity index (χ2v) is 20.4. The van der Waals surface area contributed by atoms with Crippen molar-refractivity contribution in [2.75, 3.05) is 26.6 Å². The summed E-state index contributed by atoms with van der Waals surface area (Å²) in [5.41, 5.74) is 3.90. The lowest BCUT2D eigenvalue weighted by Gasteiger charge is -2.26. The van der Waals surface area contributed by atoms with Crippen LogP contribution in [0.3, 0.4) is 0 Å². The van der Waals surface area contributed by atoms with Gasteiger partial charge in [-0.15, -0.1) is 10.2 Å². The monoisotopic (exact) mass is 996 g/mol. The standard InChI is InChI=1S/C52H52N8O9S2/c1-52(2,3)69-51(63)53-38-21-11-33(12-22-38)10-19-37-20-29-42(43-8-7-9-44-46(43)54-49(70-44)55-50(61)62)45(48-56-58-60(57-48)32-36-17-27-41(68-6)28-18-36)47(37)71(64,65)59(30-34-13-23-39(66-4)24-14-34)31-35-15-25-40(67-5)26-16-35/h7-9,11,13-18,20,23-29,38H,12,21-22,30-32H2,1-6H3,(H,53,63)(H,54,55)(H,61,62). The number of allylic oxidation sites excluding steroid dienone is 1. The summed E-state index contributed by atoms with van der Waals surface area (Å²) in [4.78, 5) is 30.2. The number of amides is 2. The number of thiazole rings is 1. The third kappa shape index (κ3) is 12.2. The first kappa shape index (κ1) is 49.6. The number of nitrogens with one attached hydrogen (secondary N) is 2. The molecule has 1 aliphatic rings. The molecule has 7 aromatic rings. The topological polar surface area (TPSA) is 209 Å². The maximum absolute atomic E-state index is 16.2. The molecule has 1 unspecified atom stereocenters. The molecule has 17 nitrogen and oxygen atoms in total. The van der Waals surface area contributed by atoms with Gasteiger partial charge in [-0.2, -0.15) is 9.10 Å². The number of methoxy groups -OCH3 is 3. The predicted octanol–water partition coefficient (Wildman–Crippen LogP) is 9.53. The third-order valence-electron chi connectivity index (χ3n) is 11.4. The maximum atomic E-state index is 16.2. The Morgan fingerprint density at radius 3 is 2.01 bits per heavy atom. The molecule has 0 radical (unpaired) electrons. The lowest BCUT2D eigenvalue weighted by Crippen LogP contribution is -2.39. The number of hydrogen-bond acceptors (Lipinski definition) is 13. The number of hydrogen-bond donors (Lipinski definition) is 3. The quantitative estimate of drug-likeness (QED) is 0.0819. The summed E-state index contributed by atoms with van der Waals surface area (Å²) in [5, 5.41) is 28.9. The van der Waals surface area contributed by atoms with E-state index in [-0.39, 0.29) is 52.7 Å². The Kier molecular flexibility index (Phi) is 15.0.